The van der Waals surface area contributed by atoms with E-state index in [2.05, 4.69) is 10.3 Å². The van der Waals surface area contributed by atoms with Gasteiger partial charge in [-0.3, -0.25) is 10.1 Å². The van der Waals surface area contributed by atoms with Gasteiger partial charge in [0, 0.05) is 27.6 Å². The molecule has 6 nitrogen and oxygen atoms in total. The van der Waals surface area contributed by atoms with Gasteiger partial charge < -0.3 is 9.84 Å². The highest BCUT2D eigenvalue weighted by Crippen LogP contribution is 2.33. The Hall–Kier alpha value is -3.66. The topological polar surface area (TPSA) is 88.5 Å². The summed E-state index contributed by atoms with van der Waals surface area (Å²) in [6.45, 7) is 1.65. The zero-order valence-electron chi connectivity index (χ0n) is 20.0. The number of thiazole rings is 1. The number of hydrogen-bond donors (Lipinski definition) is 2. The largest absolute Gasteiger partial charge is 0.490 e. The molecule has 1 aliphatic carbocycles. The SMILES string of the molecule is CC(=Cc1c(F)cc(C(=O)Nc2nc(-c3cccc(OCC4CCCCC4)c3F)cs2)cc1F)C(=O)O. The molecule has 0 unspecified atom stereocenters. The first-order valence-electron chi connectivity index (χ1n) is 11.8. The molecule has 194 valence electrons. The van der Waals surface area contributed by atoms with E-state index < -0.39 is 34.9 Å². The quantitative estimate of drug-likeness (QED) is 0.309. The Kier molecular flexibility index (Phi) is 8.27. The predicted molar refractivity (Wildman–Crippen MR) is 135 cm³/mol. The molecule has 3 aromatic rings. The predicted octanol–water partition coefficient (Wildman–Crippen LogP) is 6.93. The van der Waals surface area contributed by atoms with Crippen LogP contribution in [0.2, 0.25) is 0 Å². The molecule has 1 fully saturated rings. The van der Waals surface area contributed by atoms with Crippen LogP contribution in [0.15, 0.2) is 41.3 Å². The van der Waals surface area contributed by atoms with Gasteiger partial charge in [-0.2, -0.15) is 0 Å². The highest BCUT2D eigenvalue weighted by molar-refractivity contribution is 7.14. The van der Waals surface area contributed by atoms with Crippen molar-refractivity contribution in [1.82, 2.24) is 4.98 Å². The van der Waals surface area contributed by atoms with Gasteiger partial charge in [0.25, 0.3) is 5.91 Å². The van der Waals surface area contributed by atoms with Gasteiger partial charge in [0.05, 0.1) is 12.3 Å². The third-order valence-electron chi connectivity index (χ3n) is 6.20. The zero-order valence-corrected chi connectivity index (χ0v) is 20.8. The summed E-state index contributed by atoms with van der Waals surface area (Å²) in [4.78, 5) is 27.8. The summed E-state index contributed by atoms with van der Waals surface area (Å²) in [5.41, 5.74) is -0.654. The Morgan fingerprint density at radius 3 is 2.54 bits per heavy atom. The second-order valence-corrected chi connectivity index (χ2v) is 9.77. The second-order valence-electron chi connectivity index (χ2n) is 8.91. The molecule has 10 heteroatoms. The highest BCUT2D eigenvalue weighted by Gasteiger charge is 2.19. The lowest BCUT2D eigenvalue weighted by Gasteiger charge is -2.22. The van der Waals surface area contributed by atoms with E-state index in [9.17, 15) is 18.4 Å². The van der Waals surface area contributed by atoms with Gasteiger partial charge in [-0.25, -0.2) is 22.9 Å². The van der Waals surface area contributed by atoms with Crippen molar-refractivity contribution in [3.05, 3.63) is 69.9 Å². The zero-order chi connectivity index (χ0) is 26.5. The Labute approximate surface area is 215 Å². The Morgan fingerprint density at radius 2 is 1.86 bits per heavy atom. The Balaban J connectivity index is 1.47. The number of hydrogen-bond acceptors (Lipinski definition) is 5. The molecule has 2 N–H and O–H groups in total. The number of ether oxygens (including phenoxy) is 1. The van der Waals surface area contributed by atoms with Crippen LogP contribution >= 0.6 is 11.3 Å². The van der Waals surface area contributed by atoms with Crippen LogP contribution in [0, 0.1) is 23.4 Å². The number of amides is 1. The number of anilines is 1. The van der Waals surface area contributed by atoms with Crippen LogP contribution in [0.4, 0.5) is 18.3 Å². The first-order valence-corrected chi connectivity index (χ1v) is 12.7. The highest BCUT2D eigenvalue weighted by atomic mass is 32.1. The average Bonchev–Trinajstić information content (AvgIpc) is 3.34. The maximum atomic E-state index is 15.1. The number of halogens is 3. The van der Waals surface area contributed by atoms with Gasteiger partial charge in [0.15, 0.2) is 16.7 Å². The second kappa shape index (κ2) is 11.6. The normalized spacial score (nSPS) is 14.4. The van der Waals surface area contributed by atoms with E-state index in [0.717, 1.165) is 55.2 Å². The minimum atomic E-state index is -1.32. The molecule has 0 atom stereocenters. The lowest BCUT2D eigenvalue weighted by molar-refractivity contribution is -0.132. The van der Waals surface area contributed by atoms with Crippen molar-refractivity contribution in [2.75, 3.05) is 11.9 Å². The van der Waals surface area contributed by atoms with Gasteiger partial charge >= 0.3 is 5.97 Å². The Morgan fingerprint density at radius 1 is 1.16 bits per heavy atom. The van der Waals surface area contributed by atoms with Crippen molar-refractivity contribution in [3.63, 3.8) is 0 Å². The molecule has 0 bridgehead atoms. The van der Waals surface area contributed by atoms with E-state index in [1.165, 1.54) is 13.3 Å². The van der Waals surface area contributed by atoms with Crippen molar-refractivity contribution in [2.45, 2.75) is 39.0 Å². The van der Waals surface area contributed by atoms with E-state index >= 15 is 4.39 Å². The molecule has 1 heterocycles. The number of carbonyl (C=O) groups is 2. The maximum absolute atomic E-state index is 15.1. The van der Waals surface area contributed by atoms with Crippen molar-refractivity contribution < 1.29 is 32.6 Å². The van der Waals surface area contributed by atoms with Crippen LogP contribution in [-0.2, 0) is 4.79 Å². The van der Waals surface area contributed by atoms with Gasteiger partial charge in [0.2, 0.25) is 0 Å². The first kappa shape index (κ1) is 26.4. The summed E-state index contributed by atoms with van der Waals surface area (Å²) in [6.07, 6.45) is 6.55. The van der Waals surface area contributed by atoms with E-state index in [4.69, 9.17) is 9.84 Å². The molecular weight excluding hydrogens is 505 g/mol. The van der Waals surface area contributed by atoms with Gasteiger partial charge in [0.1, 0.15) is 11.6 Å². The summed E-state index contributed by atoms with van der Waals surface area (Å²) >= 11 is 1.03. The number of carboxylic acid groups (broad SMARTS) is 1. The summed E-state index contributed by atoms with van der Waals surface area (Å²) in [7, 11) is 0. The number of nitrogens with one attached hydrogen (secondary N) is 1. The molecule has 0 spiro atoms. The van der Waals surface area contributed by atoms with Gasteiger partial charge in [-0.05, 0) is 56.0 Å². The Bertz CT molecular complexity index is 1330. The number of nitrogens with zero attached hydrogens (tertiary/aromatic N) is 1. The number of carboxylic acids is 1. The standard InChI is InChI=1S/C27H25F3N2O4S/c1-15(26(34)35)10-19-20(28)11-17(12-21(19)29)25(33)32-27-31-22(14-37-27)18-8-5-9-23(24(18)30)36-13-16-6-3-2-4-7-16/h5,8-12,14,16H,2-4,6-7,13H2,1H3,(H,34,35)(H,31,32,33). The minimum absolute atomic E-state index is 0.111. The first-order chi connectivity index (χ1) is 17.7. The van der Waals surface area contributed by atoms with E-state index in [1.807, 2.05) is 0 Å². The van der Waals surface area contributed by atoms with Gasteiger partial charge in [-0.1, -0.05) is 25.3 Å². The van der Waals surface area contributed by atoms with Crippen molar-refractivity contribution >= 4 is 34.4 Å². The monoisotopic (exact) mass is 530 g/mol. The van der Waals surface area contributed by atoms with Crippen molar-refractivity contribution in [2.24, 2.45) is 5.92 Å². The molecule has 2 aromatic carbocycles. The molecule has 0 saturated heterocycles. The van der Waals surface area contributed by atoms with E-state index in [1.54, 1.807) is 23.6 Å². The van der Waals surface area contributed by atoms with Gasteiger partial charge in [-0.15, -0.1) is 11.3 Å². The van der Waals surface area contributed by atoms with Crippen LogP contribution in [0.1, 0.15) is 54.9 Å². The van der Waals surface area contributed by atoms with Crippen LogP contribution in [-0.4, -0.2) is 28.6 Å². The van der Waals surface area contributed by atoms with Crippen LogP contribution in [0.25, 0.3) is 17.3 Å². The molecule has 0 radical (unpaired) electrons. The number of aliphatic carboxylic acids is 1. The third kappa shape index (κ3) is 6.37. The lowest BCUT2D eigenvalue weighted by atomic mass is 9.90. The number of carbonyl (C=O) groups excluding carboxylic acids is 1. The number of benzene rings is 2. The van der Waals surface area contributed by atoms with Crippen LogP contribution in [0.5, 0.6) is 5.75 Å². The molecule has 37 heavy (non-hydrogen) atoms. The number of rotatable bonds is 8. The van der Waals surface area contributed by atoms with Crippen LogP contribution in [0.3, 0.4) is 0 Å². The fourth-order valence-electron chi connectivity index (χ4n) is 4.14. The molecule has 4 rings (SSSR count). The average molecular weight is 531 g/mol. The van der Waals surface area contributed by atoms with Crippen molar-refractivity contribution in [1.29, 1.82) is 0 Å². The van der Waals surface area contributed by atoms with Crippen LogP contribution < -0.4 is 10.1 Å². The summed E-state index contributed by atoms with van der Waals surface area (Å²) in [5.74, 6) is -4.31. The molecule has 0 aliphatic heterocycles. The lowest BCUT2D eigenvalue weighted by Crippen LogP contribution is -2.15. The number of aromatic nitrogens is 1. The third-order valence-corrected chi connectivity index (χ3v) is 6.96. The smallest absolute Gasteiger partial charge is 0.331 e. The summed E-state index contributed by atoms with van der Waals surface area (Å²) in [5, 5.41) is 13.0. The summed E-state index contributed by atoms with van der Waals surface area (Å²) < 4.78 is 49.7. The van der Waals surface area contributed by atoms with Crippen molar-refractivity contribution in [3.8, 4) is 17.0 Å². The summed E-state index contributed by atoms with van der Waals surface area (Å²) in [6, 6.07) is 6.40. The molecule has 1 aliphatic rings. The fourth-order valence-corrected chi connectivity index (χ4v) is 4.84. The molecule has 1 amide bonds. The molecular formula is C27H25F3N2O4S. The maximum Gasteiger partial charge on any atom is 0.331 e. The fraction of sp³-hybridized carbons (Fsp3) is 0.296. The molecule has 1 saturated carbocycles. The van der Waals surface area contributed by atoms with E-state index in [-0.39, 0.29) is 33.3 Å². The van der Waals surface area contributed by atoms with E-state index in [0.29, 0.717) is 12.5 Å². The molecule has 1 aromatic heterocycles. The minimum Gasteiger partial charge on any atom is -0.490 e.